The van der Waals surface area contributed by atoms with Crippen molar-refractivity contribution < 1.29 is 4.74 Å². The second kappa shape index (κ2) is 4.29. The molecular weight excluding hydrogens is 156 g/mol. The van der Waals surface area contributed by atoms with Crippen molar-refractivity contribution in [3.05, 3.63) is 36.1 Å². The van der Waals surface area contributed by atoms with Crippen LogP contribution in [0.2, 0.25) is 0 Å². The third kappa shape index (κ3) is 2.46. The van der Waals surface area contributed by atoms with Crippen LogP contribution in [0.15, 0.2) is 36.1 Å². The summed E-state index contributed by atoms with van der Waals surface area (Å²) < 4.78 is 5.12. The van der Waals surface area contributed by atoms with Crippen LogP contribution in [-0.2, 0) is 4.74 Å². The molecule has 0 aromatic carbocycles. The number of rotatable bonds is 2. The predicted octanol–water partition coefficient (Wildman–Crippen LogP) is 2.37. The van der Waals surface area contributed by atoms with Gasteiger partial charge in [-0.3, -0.25) is 0 Å². The first-order valence-electron chi connectivity index (χ1n) is 3.50. The Hall–Kier alpha value is -0.630. The molecule has 2 heteroatoms. The first-order valence-corrected chi connectivity index (χ1v) is 4.79. The van der Waals surface area contributed by atoms with E-state index in [-0.39, 0.29) is 0 Å². The summed E-state index contributed by atoms with van der Waals surface area (Å²) in [4.78, 5) is 0. The fourth-order valence-electron chi connectivity index (χ4n) is 0.880. The summed E-state index contributed by atoms with van der Waals surface area (Å²) in [7, 11) is 1.69. The average Bonchev–Trinajstić information content (AvgIpc) is 2.28. The third-order valence-electron chi connectivity index (χ3n) is 1.51. The average molecular weight is 168 g/mol. The molecule has 1 aliphatic carbocycles. The van der Waals surface area contributed by atoms with Crippen molar-refractivity contribution in [2.75, 3.05) is 13.4 Å². The number of thioether (sulfide) groups is 1. The van der Waals surface area contributed by atoms with E-state index in [1.54, 1.807) is 18.9 Å². The second-order valence-corrected chi connectivity index (χ2v) is 3.23. The molecule has 0 fully saturated rings. The van der Waals surface area contributed by atoms with Crippen LogP contribution in [-0.4, -0.2) is 18.6 Å². The molecule has 0 aliphatic heterocycles. The quantitative estimate of drug-likeness (QED) is 0.626. The van der Waals surface area contributed by atoms with Crippen molar-refractivity contribution in [1.29, 1.82) is 0 Å². The lowest BCUT2D eigenvalue weighted by Crippen LogP contribution is -1.93. The molecule has 0 aromatic heterocycles. The summed E-state index contributed by atoms with van der Waals surface area (Å²) in [6.45, 7) is 0. The van der Waals surface area contributed by atoms with Crippen LogP contribution in [0.25, 0.3) is 0 Å². The van der Waals surface area contributed by atoms with Crippen LogP contribution in [0.4, 0.5) is 0 Å². The summed E-state index contributed by atoms with van der Waals surface area (Å²) in [5.41, 5.74) is 0. The van der Waals surface area contributed by atoms with E-state index in [1.165, 1.54) is 0 Å². The van der Waals surface area contributed by atoms with Crippen molar-refractivity contribution in [2.45, 2.75) is 5.25 Å². The molecule has 0 N–H and O–H groups in total. The Kier molecular flexibility index (Phi) is 3.30. The van der Waals surface area contributed by atoms with Gasteiger partial charge in [0.25, 0.3) is 0 Å². The van der Waals surface area contributed by atoms with Gasteiger partial charge in [0.1, 0.15) is 5.76 Å². The summed E-state index contributed by atoms with van der Waals surface area (Å²) in [5, 5.41) is 0.444. The van der Waals surface area contributed by atoms with Gasteiger partial charge < -0.3 is 4.74 Å². The highest BCUT2D eigenvalue weighted by Gasteiger charge is 2.01. The Labute approximate surface area is 71.8 Å². The van der Waals surface area contributed by atoms with Gasteiger partial charge in [-0.25, -0.2) is 0 Å². The van der Waals surface area contributed by atoms with Crippen molar-refractivity contribution in [2.24, 2.45) is 0 Å². The zero-order valence-corrected chi connectivity index (χ0v) is 7.60. The van der Waals surface area contributed by atoms with E-state index in [0.717, 1.165) is 5.76 Å². The highest BCUT2D eigenvalue weighted by atomic mass is 32.2. The Morgan fingerprint density at radius 1 is 1.45 bits per heavy atom. The normalized spacial score (nSPS) is 22.7. The topological polar surface area (TPSA) is 9.23 Å². The summed E-state index contributed by atoms with van der Waals surface area (Å²) >= 11 is 1.80. The molecule has 0 saturated carbocycles. The highest BCUT2D eigenvalue weighted by molar-refractivity contribution is 7.99. The van der Waals surface area contributed by atoms with Gasteiger partial charge in [-0.1, -0.05) is 18.2 Å². The maximum atomic E-state index is 5.12. The van der Waals surface area contributed by atoms with Gasteiger partial charge in [0.15, 0.2) is 0 Å². The van der Waals surface area contributed by atoms with Crippen LogP contribution < -0.4 is 0 Å². The molecule has 1 nitrogen and oxygen atoms in total. The number of hydrogen-bond acceptors (Lipinski definition) is 2. The lowest BCUT2D eigenvalue weighted by molar-refractivity contribution is 0.306. The fourth-order valence-corrected chi connectivity index (χ4v) is 1.40. The maximum Gasteiger partial charge on any atom is 0.116 e. The molecular formula is C9H12OS. The van der Waals surface area contributed by atoms with Crippen molar-refractivity contribution in [3.8, 4) is 0 Å². The molecule has 0 spiro atoms. The molecule has 1 rings (SSSR count). The first-order chi connectivity index (χ1) is 5.36. The van der Waals surface area contributed by atoms with Gasteiger partial charge in [0, 0.05) is 5.25 Å². The largest absolute Gasteiger partial charge is 0.497 e. The van der Waals surface area contributed by atoms with Gasteiger partial charge in [0.2, 0.25) is 0 Å². The molecule has 11 heavy (non-hydrogen) atoms. The van der Waals surface area contributed by atoms with Crippen LogP contribution in [0.5, 0.6) is 0 Å². The Morgan fingerprint density at radius 2 is 2.27 bits per heavy atom. The van der Waals surface area contributed by atoms with Crippen molar-refractivity contribution in [1.82, 2.24) is 0 Å². The Balaban J connectivity index is 2.72. The van der Waals surface area contributed by atoms with Crippen LogP contribution in [0, 0.1) is 0 Å². The van der Waals surface area contributed by atoms with Gasteiger partial charge in [-0.15, -0.1) is 0 Å². The number of hydrogen-bond donors (Lipinski definition) is 0. The van der Waals surface area contributed by atoms with Crippen LogP contribution >= 0.6 is 11.8 Å². The molecule has 1 atom stereocenters. The first kappa shape index (κ1) is 8.47. The third-order valence-corrected chi connectivity index (χ3v) is 2.35. The van der Waals surface area contributed by atoms with Crippen molar-refractivity contribution in [3.63, 3.8) is 0 Å². The molecule has 0 heterocycles. The maximum absolute atomic E-state index is 5.12. The molecule has 0 aromatic rings. The smallest absolute Gasteiger partial charge is 0.116 e. The predicted molar refractivity (Wildman–Crippen MR) is 50.7 cm³/mol. The fraction of sp³-hybridized carbons (Fsp3) is 0.333. The van der Waals surface area contributed by atoms with E-state index in [4.69, 9.17) is 4.74 Å². The molecule has 1 unspecified atom stereocenters. The van der Waals surface area contributed by atoms with Gasteiger partial charge in [-0.2, -0.15) is 11.8 Å². The molecule has 1 aliphatic rings. The van der Waals surface area contributed by atoms with Gasteiger partial charge in [0.05, 0.1) is 7.11 Å². The van der Waals surface area contributed by atoms with Crippen LogP contribution in [0.1, 0.15) is 0 Å². The van der Waals surface area contributed by atoms with E-state index < -0.39 is 0 Å². The highest BCUT2D eigenvalue weighted by Crippen LogP contribution is 2.15. The molecule has 0 saturated heterocycles. The Morgan fingerprint density at radius 3 is 2.91 bits per heavy atom. The molecule has 0 amide bonds. The number of allylic oxidation sites excluding steroid dienone is 3. The van der Waals surface area contributed by atoms with Crippen LogP contribution in [0.3, 0.4) is 0 Å². The van der Waals surface area contributed by atoms with E-state index >= 15 is 0 Å². The zero-order chi connectivity index (χ0) is 8.10. The van der Waals surface area contributed by atoms with E-state index in [1.807, 2.05) is 18.2 Å². The van der Waals surface area contributed by atoms with E-state index in [0.29, 0.717) is 5.25 Å². The zero-order valence-electron chi connectivity index (χ0n) is 6.78. The molecule has 0 bridgehead atoms. The van der Waals surface area contributed by atoms with E-state index in [2.05, 4.69) is 18.4 Å². The van der Waals surface area contributed by atoms with Gasteiger partial charge in [-0.05, 0) is 18.4 Å². The minimum atomic E-state index is 0.444. The summed E-state index contributed by atoms with van der Waals surface area (Å²) in [6, 6.07) is 0. The standard InChI is InChI=1S/C9H12OS/c1-10-8-5-3-4-6-9(7-8)11-2/h3-7,9H,1-2H3. The minimum Gasteiger partial charge on any atom is -0.497 e. The number of methoxy groups -OCH3 is 1. The minimum absolute atomic E-state index is 0.444. The lowest BCUT2D eigenvalue weighted by Gasteiger charge is -2.03. The Bertz CT molecular complexity index is 204. The summed E-state index contributed by atoms with van der Waals surface area (Å²) in [5.74, 6) is 0.939. The van der Waals surface area contributed by atoms with Crippen molar-refractivity contribution >= 4 is 11.8 Å². The summed E-state index contributed by atoms with van der Waals surface area (Å²) in [6.07, 6.45) is 12.3. The lowest BCUT2D eigenvalue weighted by atomic mass is 10.3. The molecule has 60 valence electrons. The molecule has 0 radical (unpaired) electrons. The monoisotopic (exact) mass is 168 g/mol. The number of ether oxygens (including phenoxy) is 1. The van der Waals surface area contributed by atoms with Gasteiger partial charge >= 0.3 is 0 Å². The SMILES string of the molecule is COC1=CC(SC)C=CC=C1. The second-order valence-electron chi connectivity index (χ2n) is 2.22. The van der Waals surface area contributed by atoms with E-state index in [9.17, 15) is 0 Å².